The number of imidazole rings is 1. The molecule has 158 valence electrons. The molecule has 0 aliphatic carbocycles. The number of anilines is 1. The van der Waals surface area contributed by atoms with E-state index in [9.17, 15) is 13.4 Å². The molecule has 3 aromatic rings. The highest BCUT2D eigenvalue weighted by molar-refractivity contribution is 7.96. The van der Waals surface area contributed by atoms with Crippen molar-refractivity contribution < 1.29 is 13.4 Å². The molecule has 30 heavy (non-hydrogen) atoms. The highest BCUT2D eigenvalue weighted by Gasteiger charge is 2.38. The quantitative estimate of drug-likeness (QED) is 0.512. The van der Waals surface area contributed by atoms with Gasteiger partial charge in [-0.05, 0) is 30.5 Å². The van der Waals surface area contributed by atoms with Crippen LogP contribution in [0.25, 0.3) is 10.6 Å². The number of thiazole rings is 1. The summed E-state index contributed by atoms with van der Waals surface area (Å²) in [4.78, 5) is 25.3. The van der Waals surface area contributed by atoms with E-state index in [4.69, 9.17) is 11.6 Å². The van der Waals surface area contributed by atoms with Gasteiger partial charge in [-0.1, -0.05) is 11.6 Å². The fourth-order valence-electron chi connectivity index (χ4n) is 3.12. The minimum absolute atomic E-state index is 0.0978. The van der Waals surface area contributed by atoms with Crippen molar-refractivity contribution in [2.24, 2.45) is 0 Å². The van der Waals surface area contributed by atoms with Gasteiger partial charge in [0.1, 0.15) is 16.9 Å². The highest BCUT2D eigenvalue weighted by atomic mass is 35.5. The summed E-state index contributed by atoms with van der Waals surface area (Å²) in [5, 5.41) is 3.29. The molecule has 3 unspecified atom stereocenters. The zero-order valence-electron chi connectivity index (χ0n) is 15.8. The molecule has 1 saturated heterocycles. The fourth-order valence-corrected chi connectivity index (χ4v) is 5.74. The number of rotatable bonds is 4. The number of H-pyrrole nitrogens is 1. The van der Waals surface area contributed by atoms with Crippen LogP contribution in [0.2, 0.25) is 5.02 Å². The number of amides is 1. The Morgan fingerprint density at radius 2 is 2.27 bits per heavy atom. The summed E-state index contributed by atoms with van der Waals surface area (Å²) in [5.74, 6) is 2.79. The zero-order chi connectivity index (χ0) is 21.5. The van der Waals surface area contributed by atoms with Crippen molar-refractivity contribution in [1.29, 1.82) is 0 Å². The Kier molecular flexibility index (Phi) is 5.64. The summed E-state index contributed by atoms with van der Waals surface area (Å²) in [6, 6.07) is 2.73. The molecular weight excluding hydrogens is 451 g/mol. The van der Waals surface area contributed by atoms with Crippen molar-refractivity contribution >= 4 is 50.3 Å². The van der Waals surface area contributed by atoms with E-state index in [0.29, 0.717) is 17.1 Å². The predicted molar refractivity (Wildman–Crippen MR) is 117 cm³/mol. The summed E-state index contributed by atoms with van der Waals surface area (Å²) < 4.78 is 30.8. The maximum Gasteiger partial charge on any atom is 0.242 e. The highest BCUT2D eigenvalue weighted by Crippen LogP contribution is 2.34. The lowest BCUT2D eigenvalue weighted by Gasteiger charge is -2.38. The van der Waals surface area contributed by atoms with Crippen LogP contribution in [0, 0.1) is 5.82 Å². The van der Waals surface area contributed by atoms with Gasteiger partial charge >= 0.3 is 0 Å². The van der Waals surface area contributed by atoms with E-state index in [1.165, 1.54) is 33.8 Å². The van der Waals surface area contributed by atoms with Crippen LogP contribution in [0.4, 0.5) is 10.1 Å². The Bertz CT molecular complexity index is 1180. The minimum Gasteiger partial charge on any atom is -0.344 e. The molecule has 1 aliphatic rings. The van der Waals surface area contributed by atoms with Gasteiger partial charge in [0, 0.05) is 18.9 Å². The van der Waals surface area contributed by atoms with Crippen LogP contribution < -0.4 is 10.0 Å². The second-order valence-electron chi connectivity index (χ2n) is 6.75. The smallest absolute Gasteiger partial charge is 0.242 e. The Balaban J connectivity index is 1.57. The van der Waals surface area contributed by atoms with Gasteiger partial charge in [-0.3, -0.25) is 4.79 Å². The molecule has 3 atom stereocenters. The molecule has 4 rings (SSSR count). The largest absolute Gasteiger partial charge is 0.344 e. The molecule has 3 heterocycles. The third-order valence-corrected chi connectivity index (χ3v) is 8.04. The first-order valence-electron chi connectivity index (χ1n) is 8.82. The summed E-state index contributed by atoms with van der Waals surface area (Å²) in [7, 11) is -1.35. The van der Waals surface area contributed by atoms with E-state index in [-0.39, 0.29) is 5.02 Å². The first-order chi connectivity index (χ1) is 14.2. The third-order valence-electron chi connectivity index (χ3n) is 4.76. The van der Waals surface area contributed by atoms with E-state index in [1.54, 1.807) is 25.8 Å². The Morgan fingerprint density at radius 3 is 2.97 bits per heavy atom. The van der Waals surface area contributed by atoms with Gasteiger partial charge in [-0.2, -0.15) is 0 Å². The number of likely N-dealkylation sites (N-methyl/N-ethyl adjacent to an activating group) is 1. The summed E-state index contributed by atoms with van der Waals surface area (Å²) in [5.41, 5.74) is 1.17. The zero-order valence-corrected chi connectivity index (χ0v) is 18.2. The van der Waals surface area contributed by atoms with Crippen molar-refractivity contribution in [2.45, 2.75) is 18.5 Å². The lowest BCUT2D eigenvalue weighted by atomic mass is 10.1. The van der Waals surface area contributed by atoms with E-state index in [2.05, 4.69) is 30.9 Å². The van der Waals surface area contributed by atoms with Gasteiger partial charge in [0.25, 0.3) is 0 Å². The number of nitrogens with zero attached hydrogens (tertiary/aromatic N) is 3. The molecular formula is C18H18ClFN6O2S2. The summed E-state index contributed by atoms with van der Waals surface area (Å²) >= 11 is 7.20. The molecule has 0 saturated carbocycles. The Morgan fingerprint density at radius 1 is 1.47 bits per heavy atom. The van der Waals surface area contributed by atoms with Gasteiger partial charge < -0.3 is 10.3 Å². The molecule has 0 radical (unpaired) electrons. The first kappa shape index (κ1) is 20.9. The van der Waals surface area contributed by atoms with Crippen LogP contribution in [0.5, 0.6) is 0 Å². The number of hydrogen-bond acceptors (Lipinski definition) is 5. The van der Waals surface area contributed by atoms with Gasteiger partial charge in [0.2, 0.25) is 5.91 Å². The minimum atomic E-state index is -2.92. The second kappa shape index (κ2) is 8.08. The van der Waals surface area contributed by atoms with Crippen molar-refractivity contribution in [3.8, 4) is 10.6 Å². The first-order valence-corrected chi connectivity index (χ1v) is 11.7. The van der Waals surface area contributed by atoms with E-state index < -0.39 is 33.7 Å². The van der Waals surface area contributed by atoms with E-state index in [0.717, 1.165) is 10.6 Å². The summed E-state index contributed by atoms with van der Waals surface area (Å²) in [6.07, 6.45) is 5.29. The number of carbonyl (C=O) groups is 1. The van der Waals surface area contributed by atoms with Crippen LogP contribution >= 0.6 is 22.9 Å². The molecule has 3 N–H and O–H groups in total. The van der Waals surface area contributed by atoms with Crippen LogP contribution in [0.1, 0.15) is 17.5 Å². The Hall–Kier alpha value is -2.31. The van der Waals surface area contributed by atoms with Crippen molar-refractivity contribution in [2.75, 3.05) is 12.4 Å². The van der Waals surface area contributed by atoms with Gasteiger partial charge in [0.05, 0.1) is 44.1 Å². The average Bonchev–Trinajstić information content (AvgIpc) is 3.38. The normalized spacial score (nSPS) is 24.6. The molecule has 1 aliphatic heterocycles. The van der Waals surface area contributed by atoms with Gasteiger partial charge in [-0.25, -0.2) is 27.6 Å². The monoisotopic (exact) mass is 468 g/mol. The number of aromatic nitrogens is 3. The molecule has 1 amide bonds. The topological polar surface area (TPSA) is 103 Å². The lowest BCUT2D eigenvalue weighted by molar-refractivity contribution is -0.120. The van der Waals surface area contributed by atoms with Crippen LogP contribution in [0.15, 0.2) is 36.9 Å². The number of benzene rings is 1. The third kappa shape index (κ3) is 4.12. The van der Waals surface area contributed by atoms with E-state index in [1.807, 2.05) is 0 Å². The molecule has 12 heteroatoms. The van der Waals surface area contributed by atoms with Gasteiger partial charge in [0.15, 0.2) is 0 Å². The number of halogens is 2. The van der Waals surface area contributed by atoms with Gasteiger partial charge in [-0.15, -0.1) is 11.3 Å². The van der Waals surface area contributed by atoms with Crippen molar-refractivity contribution in [1.82, 2.24) is 24.0 Å². The van der Waals surface area contributed by atoms with Crippen LogP contribution in [-0.2, 0) is 14.7 Å². The molecule has 2 aromatic heterocycles. The number of carbonyl (C=O) groups excluding carboxylic acids is 1. The predicted octanol–water partition coefficient (Wildman–Crippen LogP) is 2.85. The fraction of sp³-hybridized carbons (Fsp3) is 0.222. The standard InChI is InChI=1S/C18H18ClFN6O2S2/c1-26-15(17(27)24-10-3-4-12(20)11(19)5-10)6-13(25-30(26,2)28)18-22-8-16(29-18)14-7-21-9-23-14/h3-5,7-9,13,15H,2,6H2,1H3,(H,21,23)(H,24,27)(H,25,28). The van der Waals surface area contributed by atoms with Crippen molar-refractivity contribution in [3.05, 3.63) is 52.8 Å². The average molecular weight is 469 g/mol. The second-order valence-corrected chi connectivity index (χ2v) is 10.3. The SMILES string of the molecule is C=S1(=O)NC(c2ncc(-c3cnc[nH]3)s2)CC(C(=O)Nc2ccc(F)c(Cl)c2)N1C. The van der Waals surface area contributed by atoms with Crippen molar-refractivity contribution in [3.63, 3.8) is 0 Å². The maximum absolute atomic E-state index is 13.4. The number of hydrogen-bond donors (Lipinski definition) is 3. The molecule has 1 aromatic carbocycles. The van der Waals surface area contributed by atoms with E-state index >= 15 is 0 Å². The number of aromatic amines is 1. The Labute approximate surface area is 181 Å². The number of nitrogens with one attached hydrogen (secondary N) is 3. The molecule has 8 nitrogen and oxygen atoms in total. The lowest BCUT2D eigenvalue weighted by Crippen LogP contribution is -2.55. The molecule has 0 bridgehead atoms. The molecule has 0 spiro atoms. The maximum atomic E-state index is 13.4. The summed E-state index contributed by atoms with van der Waals surface area (Å²) in [6.45, 7) is 0. The van der Waals surface area contributed by atoms with Crippen LogP contribution in [0.3, 0.4) is 0 Å². The van der Waals surface area contributed by atoms with Crippen LogP contribution in [-0.4, -0.2) is 48.3 Å². The molecule has 1 fully saturated rings.